The molecule has 1 atom stereocenters. The molecule has 0 aliphatic carbocycles. The molecule has 0 radical (unpaired) electrons. The van der Waals surface area contributed by atoms with Crippen LogP contribution in [0.5, 0.6) is 0 Å². The van der Waals surface area contributed by atoms with Crippen molar-refractivity contribution in [3.05, 3.63) is 29.8 Å². The molecule has 34 heavy (non-hydrogen) atoms. The quantitative estimate of drug-likeness (QED) is 0.588. The first-order chi connectivity index (χ1) is 15.9. The number of aryl methyl sites for hydroxylation is 1. The van der Waals surface area contributed by atoms with Gasteiger partial charge in [-0.25, -0.2) is 19.6 Å². The van der Waals surface area contributed by atoms with Crippen LogP contribution < -0.4 is 10.2 Å². The minimum atomic E-state index is -3.20. The van der Waals surface area contributed by atoms with Gasteiger partial charge < -0.3 is 15.1 Å². The molecule has 0 aromatic carbocycles. The molecule has 182 valence electrons. The third-order valence-electron chi connectivity index (χ3n) is 6.42. The van der Waals surface area contributed by atoms with Gasteiger partial charge in [-0.2, -0.15) is 8.78 Å². The van der Waals surface area contributed by atoms with E-state index in [-0.39, 0.29) is 17.3 Å². The SMILES string of the molecule is CCc1cc(-n2nc(N3CCC(C)(N(C)C)C3)c3cnc(NC(C)=O)cc32)nc(C(C)(F)F)n1. The second-order valence-electron chi connectivity index (χ2n) is 9.35. The molecule has 11 heteroatoms. The van der Waals surface area contributed by atoms with Crippen LogP contribution in [0.3, 0.4) is 0 Å². The predicted molar refractivity (Wildman–Crippen MR) is 127 cm³/mol. The van der Waals surface area contributed by atoms with E-state index in [1.807, 2.05) is 6.92 Å². The number of carbonyl (C=O) groups excluding carboxylic acids is 1. The normalized spacial score (nSPS) is 18.8. The molecule has 1 saturated heterocycles. The molecular weight excluding hydrogens is 442 g/mol. The van der Waals surface area contributed by atoms with Gasteiger partial charge in [0.2, 0.25) is 11.7 Å². The molecule has 1 fully saturated rings. The number of halogens is 2. The van der Waals surface area contributed by atoms with Crippen molar-refractivity contribution in [2.75, 3.05) is 37.4 Å². The van der Waals surface area contributed by atoms with Gasteiger partial charge in [-0.15, -0.1) is 5.10 Å². The van der Waals surface area contributed by atoms with Crippen molar-refractivity contribution in [2.45, 2.75) is 52.0 Å². The smallest absolute Gasteiger partial charge is 0.303 e. The molecule has 9 nitrogen and oxygen atoms in total. The zero-order valence-corrected chi connectivity index (χ0v) is 20.4. The second-order valence-corrected chi connectivity index (χ2v) is 9.35. The van der Waals surface area contributed by atoms with E-state index in [2.05, 4.69) is 51.1 Å². The average Bonchev–Trinajstić information content (AvgIpc) is 3.34. The summed E-state index contributed by atoms with van der Waals surface area (Å²) >= 11 is 0. The molecule has 1 unspecified atom stereocenters. The van der Waals surface area contributed by atoms with Gasteiger partial charge >= 0.3 is 5.92 Å². The fourth-order valence-electron chi connectivity index (χ4n) is 4.11. The van der Waals surface area contributed by atoms with E-state index in [4.69, 9.17) is 5.10 Å². The third kappa shape index (κ3) is 4.44. The topological polar surface area (TPSA) is 92.1 Å². The third-order valence-corrected chi connectivity index (χ3v) is 6.42. The Morgan fingerprint density at radius 3 is 2.62 bits per heavy atom. The summed E-state index contributed by atoms with van der Waals surface area (Å²) in [6, 6.07) is 3.35. The predicted octanol–water partition coefficient (Wildman–Crippen LogP) is 3.37. The van der Waals surface area contributed by atoms with Crippen LogP contribution in [0.2, 0.25) is 0 Å². The van der Waals surface area contributed by atoms with Crippen molar-refractivity contribution in [3.63, 3.8) is 0 Å². The van der Waals surface area contributed by atoms with Crippen LogP contribution in [-0.4, -0.2) is 68.3 Å². The molecule has 3 aromatic rings. The van der Waals surface area contributed by atoms with Gasteiger partial charge in [0.05, 0.1) is 10.9 Å². The van der Waals surface area contributed by atoms with E-state index in [0.29, 0.717) is 29.3 Å². The lowest BCUT2D eigenvalue weighted by atomic mass is 10.0. The van der Waals surface area contributed by atoms with Crippen molar-refractivity contribution in [3.8, 4) is 5.82 Å². The monoisotopic (exact) mass is 472 g/mol. The van der Waals surface area contributed by atoms with Crippen molar-refractivity contribution < 1.29 is 13.6 Å². The van der Waals surface area contributed by atoms with Crippen LogP contribution in [0.25, 0.3) is 16.7 Å². The van der Waals surface area contributed by atoms with Crippen LogP contribution in [0.15, 0.2) is 18.3 Å². The summed E-state index contributed by atoms with van der Waals surface area (Å²) in [4.78, 5) is 28.5. The summed E-state index contributed by atoms with van der Waals surface area (Å²) in [6.45, 7) is 7.77. The minimum absolute atomic E-state index is 0.0264. The van der Waals surface area contributed by atoms with Crippen LogP contribution in [-0.2, 0) is 17.1 Å². The lowest BCUT2D eigenvalue weighted by molar-refractivity contribution is -0.114. The Kier molecular flexibility index (Phi) is 6.01. The first kappa shape index (κ1) is 23.9. The van der Waals surface area contributed by atoms with E-state index in [1.165, 1.54) is 6.92 Å². The zero-order valence-electron chi connectivity index (χ0n) is 20.4. The summed E-state index contributed by atoms with van der Waals surface area (Å²) in [7, 11) is 4.11. The van der Waals surface area contributed by atoms with E-state index in [0.717, 1.165) is 31.8 Å². The van der Waals surface area contributed by atoms with Crippen LogP contribution in [0.4, 0.5) is 20.4 Å². The number of fused-ring (bicyclic) bond motifs is 1. The second kappa shape index (κ2) is 8.53. The molecule has 1 aliphatic rings. The van der Waals surface area contributed by atoms with Crippen molar-refractivity contribution >= 4 is 28.4 Å². The van der Waals surface area contributed by atoms with E-state index in [1.54, 1.807) is 23.0 Å². The average molecular weight is 473 g/mol. The van der Waals surface area contributed by atoms with Crippen LogP contribution >= 0.6 is 0 Å². The maximum absolute atomic E-state index is 14.2. The van der Waals surface area contributed by atoms with E-state index in [9.17, 15) is 13.6 Å². The summed E-state index contributed by atoms with van der Waals surface area (Å²) in [5.41, 5.74) is 1.07. The maximum Gasteiger partial charge on any atom is 0.303 e. The van der Waals surface area contributed by atoms with Gasteiger partial charge in [0.25, 0.3) is 0 Å². The number of hydrogen-bond acceptors (Lipinski definition) is 7. The van der Waals surface area contributed by atoms with Crippen molar-refractivity contribution in [1.29, 1.82) is 0 Å². The lowest BCUT2D eigenvalue weighted by Crippen LogP contribution is -2.43. The summed E-state index contributed by atoms with van der Waals surface area (Å²) in [6.07, 6.45) is 3.07. The molecule has 4 rings (SSSR count). The number of anilines is 2. The number of likely N-dealkylation sites (N-methyl/N-ethyl adjacent to an activating group) is 1. The molecule has 1 N–H and O–H groups in total. The summed E-state index contributed by atoms with van der Waals surface area (Å²) < 4.78 is 29.9. The maximum atomic E-state index is 14.2. The Labute approximate surface area is 197 Å². The fraction of sp³-hybridized carbons (Fsp3) is 0.522. The first-order valence-corrected chi connectivity index (χ1v) is 11.3. The minimum Gasteiger partial charge on any atom is -0.353 e. The molecule has 4 heterocycles. The zero-order chi connectivity index (χ0) is 24.8. The highest BCUT2D eigenvalue weighted by Crippen LogP contribution is 2.35. The molecular formula is C23H30F2N8O. The fourth-order valence-corrected chi connectivity index (χ4v) is 4.11. The highest BCUT2D eigenvalue weighted by molar-refractivity contribution is 5.95. The van der Waals surface area contributed by atoms with Gasteiger partial charge in [0, 0.05) is 56.5 Å². The number of alkyl halides is 2. The highest BCUT2D eigenvalue weighted by Gasteiger charge is 2.37. The van der Waals surface area contributed by atoms with Gasteiger partial charge in [-0.1, -0.05) is 6.92 Å². The Balaban J connectivity index is 1.90. The molecule has 0 bridgehead atoms. The molecule has 0 saturated carbocycles. The highest BCUT2D eigenvalue weighted by atomic mass is 19.3. The van der Waals surface area contributed by atoms with Gasteiger partial charge in [0.15, 0.2) is 11.6 Å². The molecule has 0 spiro atoms. The molecule has 1 amide bonds. The van der Waals surface area contributed by atoms with Crippen LogP contribution in [0.1, 0.15) is 45.6 Å². The van der Waals surface area contributed by atoms with Crippen molar-refractivity contribution in [2.24, 2.45) is 0 Å². The largest absolute Gasteiger partial charge is 0.353 e. The Morgan fingerprint density at radius 2 is 2.03 bits per heavy atom. The van der Waals surface area contributed by atoms with Gasteiger partial charge in [-0.3, -0.25) is 4.79 Å². The number of pyridine rings is 1. The van der Waals surface area contributed by atoms with Crippen molar-refractivity contribution in [1.82, 2.24) is 29.6 Å². The Bertz CT molecular complexity index is 1240. The number of aromatic nitrogens is 5. The van der Waals surface area contributed by atoms with E-state index >= 15 is 0 Å². The summed E-state index contributed by atoms with van der Waals surface area (Å²) in [5.74, 6) is -2.72. The number of nitrogens with zero attached hydrogens (tertiary/aromatic N) is 7. The van der Waals surface area contributed by atoms with Gasteiger partial charge in [0.1, 0.15) is 5.82 Å². The standard InChI is InChI=1S/C23H30F2N8O/c1-7-15-10-19(29-21(28-15)23(4,24)25)33-17-11-18(27-14(2)34)26-12-16(17)20(30-33)32-9-8-22(3,13-32)31(5)6/h10-12H,7-9,13H2,1-6H3,(H,26,27,34). The number of carbonyl (C=O) groups is 1. The van der Waals surface area contributed by atoms with Crippen LogP contribution in [0, 0.1) is 0 Å². The first-order valence-electron chi connectivity index (χ1n) is 11.3. The Hall–Kier alpha value is -3.21. The lowest BCUT2D eigenvalue weighted by Gasteiger charge is -2.32. The van der Waals surface area contributed by atoms with Gasteiger partial charge in [-0.05, 0) is 33.9 Å². The summed E-state index contributed by atoms with van der Waals surface area (Å²) in [5, 5.41) is 8.25. The number of nitrogens with one attached hydrogen (secondary N) is 1. The number of rotatable bonds is 6. The molecule has 1 aliphatic heterocycles. The van der Waals surface area contributed by atoms with E-state index < -0.39 is 11.7 Å². The number of amides is 1. The molecule has 3 aromatic heterocycles. The Morgan fingerprint density at radius 1 is 1.29 bits per heavy atom. The number of hydrogen-bond donors (Lipinski definition) is 1.